The summed E-state index contributed by atoms with van der Waals surface area (Å²) in [5, 5.41) is 4.59. The summed E-state index contributed by atoms with van der Waals surface area (Å²) in [6.07, 6.45) is 0. The highest BCUT2D eigenvalue weighted by molar-refractivity contribution is 6.19. The number of para-hydroxylation sites is 3. The number of hydrogen-bond donors (Lipinski definition) is 0. The monoisotopic (exact) mass is 733 g/mol. The van der Waals surface area contributed by atoms with Gasteiger partial charge in [0.1, 0.15) is 5.82 Å². The molecule has 0 aliphatic rings. The van der Waals surface area contributed by atoms with Gasteiger partial charge < -0.3 is 9.13 Å². The van der Waals surface area contributed by atoms with E-state index in [0.717, 1.165) is 77.4 Å². The number of hydrogen-bond acceptors (Lipinski definition) is 3. The van der Waals surface area contributed by atoms with Crippen LogP contribution in [-0.4, -0.2) is 24.1 Å². The van der Waals surface area contributed by atoms with Crippen LogP contribution in [0.25, 0.3) is 100 Å². The third kappa shape index (κ3) is 5.49. The number of aromatic nitrogens is 5. The topological polar surface area (TPSA) is 48.5 Å². The van der Waals surface area contributed by atoms with Crippen molar-refractivity contribution in [3.8, 4) is 56.7 Å². The van der Waals surface area contributed by atoms with E-state index in [0.29, 0.717) is 17.5 Å². The highest BCUT2D eigenvalue weighted by atomic mass is 19.1. The van der Waals surface area contributed by atoms with Crippen LogP contribution in [0.3, 0.4) is 0 Å². The number of halogens is 1. The first-order chi connectivity index (χ1) is 28.2. The van der Waals surface area contributed by atoms with Crippen LogP contribution < -0.4 is 0 Å². The highest BCUT2D eigenvalue weighted by Crippen LogP contribution is 2.42. The molecule has 0 saturated carbocycles. The Kier molecular flexibility index (Phi) is 7.60. The van der Waals surface area contributed by atoms with E-state index in [1.54, 1.807) is 12.1 Å². The fraction of sp³-hybridized carbons (Fsp3) is 0. The summed E-state index contributed by atoms with van der Waals surface area (Å²) in [5.74, 6) is 1.39. The van der Waals surface area contributed by atoms with Gasteiger partial charge in [-0.25, -0.2) is 19.3 Å². The molecule has 6 heteroatoms. The van der Waals surface area contributed by atoms with Crippen molar-refractivity contribution in [1.29, 1.82) is 0 Å². The third-order valence-corrected chi connectivity index (χ3v) is 10.8. The quantitative estimate of drug-likeness (QED) is 0.171. The third-order valence-electron chi connectivity index (χ3n) is 10.8. The lowest BCUT2D eigenvalue weighted by atomic mass is 9.99. The van der Waals surface area contributed by atoms with E-state index < -0.39 is 0 Å². The average molecular weight is 734 g/mol. The molecule has 0 aliphatic carbocycles. The molecule has 5 nitrogen and oxygen atoms in total. The fourth-order valence-electron chi connectivity index (χ4n) is 8.24. The Morgan fingerprint density at radius 1 is 0.333 bits per heavy atom. The van der Waals surface area contributed by atoms with Gasteiger partial charge in [-0.05, 0) is 72.3 Å². The molecule has 0 spiro atoms. The van der Waals surface area contributed by atoms with Crippen LogP contribution in [-0.2, 0) is 0 Å². The molecule has 0 radical (unpaired) electrons. The SMILES string of the molecule is Fc1cccc(-c2cc(-c3nc(-c4ccccc4)nc(-c4ccccc4)n3)ccc2-n2c3ccccc3c3cc4c(cc32)c2ccccc2n4-c2ccccc2)c1. The second-order valence-electron chi connectivity index (χ2n) is 14.2. The molecule has 3 heterocycles. The van der Waals surface area contributed by atoms with Gasteiger partial charge in [0, 0.05) is 49.5 Å². The molecule has 0 amide bonds. The Hall–Kier alpha value is -7.70. The predicted molar refractivity (Wildman–Crippen MR) is 230 cm³/mol. The molecule has 8 aromatic carbocycles. The summed E-state index contributed by atoms with van der Waals surface area (Å²) in [6, 6.07) is 65.3. The average Bonchev–Trinajstić information content (AvgIpc) is 3.78. The van der Waals surface area contributed by atoms with E-state index in [4.69, 9.17) is 15.0 Å². The summed E-state index contributed by atoms with van der Waals surface area (Å²) in [5.41, 5.74) is 10.6. The van der Waals surface area contributed by atoms with Crippen LogP contribution >= 0.6 is 0 Å². The summed E-state index contributed by atoms with van der Waals surface area (Å²) >= 11 is 0. The zero-order valence-electron chi connectivity index (χ0n) is 30.6. The summed E-state index contributed by atoms with van der Waals surface area (Å²) in [4.78, 5) is 15.0. The molecule has 0 saturated heterocycles. The van der Waals surface area contributed by atoms with E-state index in [1.165, 1.54) is 11.5 Å². The lowest BCUT2D eigenvalue weighted by Gasteiger charge is -2.16. The maximum absolute atomic E-state index is 15.2. The van der Waals surface area contributed by atoms with Crippen molar-refractivity contribution in [2.75, 3.05) is 0 Å². The summed E-state index contributed by atoms with van der Waals surface area (Å²) in [6.45, 7) is 0. The first-order valence-electron chi connectivity index (χ1n) is 19.0. The molecular weight excluding hydrogens is 702 g/mol. The molecule has 268 valence electrons. The Morgan fingerprint density at radius 2 is 0.825 bits per heavy atom. The first kappa shape index (κ1) is 32.7. The lowest BCUT2D eigenvalue weighted by Crippen LogP contribution is -2.02. The largest absolute Gasteiger partial charge is 0.309 e. The molecule has 11 rings (SSSR count). The second kappa shape index (κ2) is 13.3. The number of benzene rings is 8. The Bertz CT molecular complexity index is 3240. The molecule has 11 aromatic rings. The number of fused-ring (bicyclic) bond motifs is 6. The van der Waals surface area contributed by atoms with E-state index in [1.807, 2.05) is 66.7 Å². The summed E-state index contributed by atoms with van der Waals surface area (Å²) in [7, 11) is 0. The van der Waals surface area contributed by atoms with Gasteiger partial charge in [0.05, 0.1) is 27.8 Å². The standard InChI is InChI=1S/C51H32FN5/c52-37-20-14-19-35(29-37)41-30-36(51-54-49(33-15-4-1-5-16-33)53-50(55-51)34-17-6-2-7-18-34)27-28-46(41)57-45-26-13-11-24-40(45)43-31-47-42(32-48(43)57)39-23-10-12-25-44(39)56(47)38-21-8-3-9-22-38/h1-32H. The van der Waals surface area contributed by atoms with Gasteiger partial charge in [-0.3, -0.25) is 0 Å². The van der Waals surface area contributed by atoms with Crippen molar-refractivity contribution in [3.05, 3.63) is 200 Å². The van der Waals surface area contributed by atoms with Crippen molar-refractivity contribution in [2.45, 2.75) is 0 Å². The van der Waals surface area contributed by atoms with Crippen LogP contribution in [0.15, 0.2) is 194 Å². The van der Waals surface area contributed by atoms with E-state index in [-0.39, 0.29) is 5.82 Å². The lowest BCUT2D eigenvalue weighted by molar-refractivity contribution is 0.628. The van der Waals surface area contributed by atoms with Gasteiger partial charge in [-0.1, -0.05) is 127 Å². The molecule has 0 N–H and O–H groups in total. The Labute approximate surface area is 327 Å². The smallest absolute Gasteiger partial charge is 0.164 e. The minimum absolute atomic E-state index is 0.306. The molecule has 57 heavy (non-hydrogen) atoms. The second-order valence-corrected chi connectivity index (χ2v) is 14.2. The van der Waals surface area contributed by atoms with E-state index >= 15 is 4.39 Å². The van der Waals surface area contributed by atoms with Gasteiger partial charge in [0.25, 0.3) is 0 Å². The number of rotatable bonds is 6. The van der Waals surface area contributed by atoms with Gasteiger partial charge in [-0.2, -0.15) is 0 Å². The Balaban J connectivity index is 1.19. The predicted octanol–water partition coefficient (Wildman–Crippen LogP) is 12.9. The molecule has 0 fully saturated rings. The van der Waals surface area contributed by atoms with Crippen molar-refractivity contribution >= 4 is 43.6 Å². The van der Waals surface area contributed by atoms with Gasteiger partial charge in [0.15, 0.2) is 17.5 Å². The van der Waals surface area contributed by atoms with Crippen molar-refractivity contribution in [3.63, 3.8) is 0 Å². The molecule has 0 aliphatic heterocycles. The molecule has 0 bridgehead atoms. The van der Waals surface area contributed by atoms with Crippen LogP contribution in [0.2, 0.25) is 0 Å². The molecule has 0 atom stereocenters. The van der Waals surface area contributed by atoms with Crippen molar-refractivity contribution in [1.82, 2.24) is 24.1 Å². The molecular formula is C51H32FN5. The van der Waals surface area contributed by atoms with E-state index in [9.17, 15) is 0 Å². The van der Waals surface area contributed by atoms with Gasteiger partial charge >= 0.3 is 0 Å². The Morgan fingerprint density at radius 3 is 1.42 bits per heavy atom. The number of nitrogens with zero attached hydrogens (tertiary/aromatic N) is 5. The minimum Gasteiger partial charge on any atom is -0.309 e. The minimum atomic E-state index is -0.306. The van der Waals surface area contributed by atoms with Gasteiger partial charge in [0.2, 0.25) is 0 Å². The van der Waals surface area contributed by atoms with Crippen molar-refractivity contribution < 1.29 is 4.39 Å². The fourth-order valence-corrected chi connectivity index (χ4v) is 8.24. The summed E-state index contributed by atoms with van der Waals surface area (Å²) < 4.78 is 19.8. The maximum atomic E-state index is 15.2. The highest BCUT2D eigenvalue weighted by Gasteiger charge is 2.21. The molecule has 3 aromatic heterocycles. The van der Waals surface area contributed by atoms with Gasteiger partial charge in [-0.15, -0.1) is 0 Å². The zero-order valence-corrected chi connectivity index (χ0v) is 30.6. The van der Waals surface area contributed by atoms with Crippen LogP contribution in [0.4, 0.5) is 4.39 Å². The first-order valence-corrected chi connectivity index (χ1v) is 19.0. The van der Waals surface area contributed by atoms with Crippen LogP contribution in [0, 0.1) is 5.82 Å². The van der Waals surface area contributed by atoms with Crippen LogP contribution in [0.1, 0.15) is 0 Å². The normalized spacial score (nSPS) is 11.6. The van der Waals surface area contributed by atoms with E-state index in [2.05, 4.69) is 118 Å². The van der Waals surface area contributed by atoms with Crippen molar-refractivity contribution in [2.24, 2.45) is 0 Å². The zero-order chi connectivity index (χ0) is 37.9. The maximum Gasteiger partial charge on any atom is 0.164 e. The molecule has 0 unspecified atom stereocenters. The van der Waals surface area contributed by atoms with Crippen LogP contribution in [0.5, 0.6) is 0 Å².